The quantitative estimate of drug-likeness (QED) is 0.794. The molecule has 0 saturated heterocycles. The normalized spacial score (nSPS) is 18.2. The van der Waals surface area contributed by atoms with Gasteiger partial charge in [-0.25, -0.2) is 0 Å². The number of hydrogen-bond acceptors (Lipinski definition) is 1. The number of carbonyl (C=O) groups excluding carboxylic acids is 1. The molecule has 20 heavy (non-hydrogen) atoms. The number of ketones is 1. The van der Waals surface area contributed by atoms with Crippen LogP contribution in [0.15, 0.2) is 60.7 Å². The fourth-order valence-electron chi connectivity index (χ4n) is 2.82. The Hall–Kier alpha value is -2.15. The molecule has 0 heterocycles. The van der Waals surface area contributed by atoms with E-state index in [-0.39, 0.29) is 5.92 Å². The third-order valence-electron chi connectivity index (χ3n) is 3.95. The highest BCUT2D eigenvalue weighted by molar-refractivity contribution is 6.00. The first-order valence-corrected chi connectivity index (χ1v) is 7.18. The van der Waals surface area contributed by atoms with Gasteiger partial charge in [0.25, 0.3) is 0 Å². The number of aryl methyl sites for hydroxylation is 1. The minimum Gasteiger partial charge on any atom is -0.294 e. The lowest BCUT2D eigenvalue weighted by Crippen LogP contribution is -2.21. The largest absolute Gasteiger partial charge is 0.294 e. The second kappa shape index (κ2) is 5.87. The molecule has 0 aliphatic heterocycles. The zero-order chi connectivity index (χ0) is 13.8. The lowest BCUT2D eigenvalue weighted by molar-refractivity contribution is 0.0903. The van der Waals surface area contributed by atoms with E-state index in [0.717, 1.165) is 24.8 Å². The highest BCUT2D eigenvalue weighted by Gasteiger charge is 2.25. The zero-order valence-corrected chi connectivity index (χ0v) is 11.5. The molecule has 1 aliphatic rings. The van der Waals surface area contributed by atoms with Gasteiger partial charge in [-0.2, -0.15) is 0 Å². The van der Waals surface area contributed by atoms with Gasteiger partial charge in [0.15, 0.2) is 5.78 Å². The Morgan fingerprint density at radius 1 is 1.00 bits per heavy atom. The van der Waals surface area contributed by atoms with Crippen LogP contribution in [0.2, 0.25) is 0 Å². The molecule has 0 saturated carbocycles. The van der Waals surface area contributed by atoms with Crippen LogP contribution in [-0.4, -0.2) is 5.78 Å². The molecule has 0 unspecified atom stereocenters. The Bertz CT molecular complexity index is 625. The molecule has 2 aromatic carbocycles. The molecule has 1 aliphatic carbocycles. The Morgan fingerprint density at radius 3 is 2.60 bits per heavy atom. The molecule has 1 heteroatoms. The summed E-state index contributed by atoms with van der Waals surface area (Å²) in [4.78, 5) is 12.4. The first-order chi connectivity index (χ1) is 9.84. The molecule has 3 rings (SSSR count). The van der Waals surface area contributed by atoms with Gasteiger partial charge in [0.1, 0.15) is 0 Å². The van der Waals surface area contributed by atoms with Gasteiger partial charge in [-0.1, -0.05) is 66.7 Å². The molecule has 0 fully saturated rings. The molecule has 0 spiro atoms. The van der Waals surface area contributed by atoms with Crippen LogP contribution < -0.4 is 0 Å². The summed E-state index contributed by atoms with van der Waals surface area (Å²) < 4.78 is 0. The summed E-state index contributed by atoms with van der Waals surface area (Å²) in [5.41, 5.74) is 3.33. The maximum Gasteiger partial charge on any atom is 0.166 e. The topological polar surface area (TPSA) is 17.1 Å². The number of benzene rings is 2. The van der Waals surface area contributed by atoms with Gasteiger partial charge in [-0.05, 0) is 30.4 Å². The third kappa shape index (κ3) is 2.72. The number of rotatable bonds is 3. The molecule has 0 N–H and O–H groups in total. The van der Waals surface area contributed by atoms with Crippen molar-refractivity contribution >= 4 is 11.9 Å². The maximum atomic E-state index is 12.4. The van der Waals surface area contributed by atoms with E-state index >= 15 is 0 Å². The Morgan fingerprint density at radius 2 is 1.75 bits per heavy atom. The van der Waals surface area contributed by atoms with Crippen molar-refractivity contribution in [3.05, 3.63) is 77.4 Å². The second-order valence-corrected chi connectivity index (χ2v) is 5.31. The average Bonchev–Trinajstić information content (AvgIpc) is 2.51. The van der Waals surface area contributed by atoms with E-state index in [1.165, 1.54) is 11.1 Å². The molecule has 0 aromatic heterocycles. The summed E-state index contributed by atoms with van der Waals surface area (Å²) in [7, 11) is 0. The van der Waals surface area contributed by atoms with E-state index < -0.39 is 0 Å². The number of fused-ring (bicyclic) bond motifs is 1. The molecule has 0 amide bonds. The summed E-state index contributed by atoms with van der Waals surface area (Å²) in [5.74, 6) is 0.453. The van der Waals surface area contributed by atoms with Crippen molar-refractivity contribution in [3.63, 3.8) is 0 Å². The van der Waals surface area contributed by atoms with E-state index in [9.17, 15) is 4.79 Å². The summed E-state index contributed by atoms with van der Waals surface area (Å²) >= 11 is 0. The van der Waals surface area contributed by atoms with Crippen LogP contribution in [0.1, 0.15) is 34.3 Å². The van der Waals surface area contributed by atoms with Crippen molar-refractivity contribution in [1.82, 2.24) is 0 Å². The zero-order valence-electron chi connectivity index (χ0n) is 11.5. The Balaban J connectivity index is 1.68. The highest BCUT2D eigenvalue weighted by Crippen LogP contribution is 2.27. The minimum atomic E-state index is 0.143. The number of Topliss-reactive ketones (excluding diaryl/α,β-unsaturated/α-hetero) is 1. The van der Waals surface area contributed by atoms with Crippen LogP contribution in [0.25, 0.3) is 6.08 Å². The summed E-state index contributed by atoms with van der Waals surface area (Å²) in [6, 6.07) is 18.2. The van der Waals surface area contributed by atoms with E-state index in [2.05, 4.69) is 30.4 Å². The molecule has 0 bridgehead atoms. The first-order valence-electron chi connectivity index (χ1n) is 7.18. The molecule has 1 nitrogen and oxygen atoms in total. The second-order valence-electron chi connectivity index (χ2n) is 5.31. The number of hydrogen-bond donors (Lipinski definition) is 0. The van der Waals surface area contributed by atoms with E-state index in [1.807, 2.05) is 36.4 Å². The molecule has 1 atom stereocenters. The van der Waals surface area contributed by atoms with Crippen molar-refractivity contribution in [1.29, 1.82) is 0 Å². The predicted octanol–water partition coefficient (Wildman–Crippen LogP) is 4.54. The average molecular weight is 262 g/mol. The first kappa shape index (κ1) is 12.9. The van der Waals surface area contributed by atoms with E-state index in [1.54, 1.807) is 0 Å². The van der Waals surface area contributed by atoms with Crippen LogP contribution in [0.4, 0.5) is 0 Å². The Labute approximate surface area is 120 Å². The summed E-state index contributed by atoms with van der Waals surface area (Å²) in [5, 5.41) is 0. The standard InChI is InChI=1S/C19H18O/c20-19-17(11-6-9-15-7-2-1-3-8-15)14-13-16-10-4-5-12-18(16)19/h1-10,12,17H,11,13-14H2/t17-/m0/s1. The van der Waals surface area contributed by atoms with Gasteiger partial charge in [0.05, 0.1) is 0 Å². The van der Waals surface area contributed by atoms with Crippen molar-refractivity contribution < 1.29 is 4.79 Å². The van der Waals surface area contributed by atoms with Crippen molar-refractivity contribution in [2.45, 2.75) is 19.3 Å². The fourth-order valence-corrected chi connectivity index (χ4v) is 2.82. The van der Waals surface area contributed by atoms with Crippen LogP contribution >= 0.6 is 0 Å². The van der Waals surface area contributed by atoms with E-state index in [0.29, 0.717) is 5.78 Å². The monoisotopic (exact) mass is 262 g/mol. The van der Waals surface area contributed by atoms with Gasteiger partial charge >= 0.3 is 0 Å². The van der Waals surface area contributed by atoms with Gasteiger partial charge in [-0.3, -0.25) is 4.79 Å². The van der Waals surface area contributed by atoms with Gasteiger partial charge < -0.3 is 0 Å². The van der Waals surface area contributed by atoms with Crippen molar-refractivity contribution in [2.75, 3.05) is 0 Å². The predicted molar refractivity (Wildman–Crippen MR) is 82.7 cm³/mol. The summed E-state index contributed by atoms with van der Waals surface area (Å²) in [6.45, 7) is 0. The molecule has 2 aromatic rings. The van der Waals surface area contributed by atoms with Crippen molar-refractivity contribution in [2.24, 2.45) is 5.92 Å². The van der Waals surface area contributed by atoms with Gasteiger partial charge in [0.2, 0.25) is 0 Å². The highest BCUT2D eigenvalue weighted by atomic mass is 16.1. The Kier molecular flexibility index (Phi) is 3.78. The smallest absolute Gasteiger partial charge is 0.166 e. The molecule has 100 valence electrons. The van der Waals surface area contributed by atoms with Crippen molar-refractivity contribution in [3.8, 4) is 0 Å². The van der Waals surface area contributed by atoms with Crippen LogP contribution in [0.3, 0.4) is 0 Å². The van der Waals surface area contributed by atoms with Gasteiger partial charge in [-0.15, -0.1) is 0 Å². The lowest BCUT2D eigenvalue weighted by Gasteiger charge is -2.22. The van der Waals surface area contributed by atoms with Gasteiger partial charge in [0, 0.05) is 11.5 Å². The van der Waals surface area contributed by atoms with Crippen LogP contribution in [-0.2, 0) is 6.42 Å². The number of carbonyl (C=O) groups is 1. The SMILES string of the molecule is O=C1c2ccccc2CC[C@@H]1CC=Cc1ccccc1. The molecule has 0 radical (unpaired) electrons. The molecular weight excluding hydrogens is 244 g/mol. The lowest BCUT2D eigenvalue weighted by atomic mass is 9.81. The minimum absolute atomic E-state index is 0.143. The van der Waals surface area contributed by atoms with Crippen LogP contribution in [0, 0.1) is 5.92 Å². The molecular formula is C19H18O. The fraction of sp³-hybridized carbons (Fsp3) is 0.211. The van der Waals surface area contributed by atoms with E-state index in [4.69, 9.17) is 0 Å². The third-order valence-corrected chi connectivity index (χ3v) is 3.95. The maximum absolute atomic E-state index is 12.4. The summed E-state index contributed by atoms with van der Waals surface area (Å²) in [6.07, 6.45) is 7.06. The van der Waals surface area contributed by atoms with Crippen LogP contribution in [0.5, 0.6) is 0 Å². The number of allylic oxidation sites excluding steroid dienone is 1.